The number of carbonyl (C=O) groups excluding carboxylic acids is 1. The Hall–Kier alpha value is -2.96. The SMILES string of the molecule is O=C(O[C@H](Cn1cncn1)c1ccccc1)[C@@H]1CCc2cn[nH]c2C1. The Morgan fingerprint density at radius 2 is 2.24 bits per heavy atom. The highest BCUT2D eigenvalue weighted by atomic mass is 16.5. The highest BCUT2D eigenvalue weighted by Gasteiger charge is 2.29. The Balaban J connectivity index is 1.49. The van der Waals surface area contributed by atoms with Crippen molar-refractivity contribution in [1.29, 1.82) is 0 Å². The second-order valence-corrected chi connectivity index (χ2v) is 6.27. The van der Waals surface area contributed by atoms with E-state index in [4.69, 9.17) is 4.74 Å². The van der Waals surface area contributed by atoms with Crippen molar-refractivity contribution >= 4 is 5.97 Å². The zero-order valence-electron chi connectivity index (χ0n) is 13.7. The molecule has 25 heavy (non-hydrogen) atoms. The van der Waals surface area contributed by atoms with E-state index in [1.165, 1.54) is 11.9 Å². The van der Waals surface area contributed by atoms with Crippen LogP contribution in [0.15, 0.2) is 49.2 Å². The largest absolute Gasteiger partial charge is 0.455 e. The number of aromatic nitrogens is 5. The molecule has 0 aliphatic heterocycles. The predicted molar refractivity (Wildman–Crippen MR) is 89.4 cm³/mol. The maximum Gasteiger partial charge on any atom is 0.310 e. The first-order valence-corrected chi connectivity index (χ1v) is 8.38. The molecule has 0 saturated carbocycles. The van der Waals surface area contributed by atoms with Crippen molar-refractivity contribution < 1.29 is 9.53 Å². The first-order valence-electron chi connectivity index (χ1n) is 8.38. The number of benzene rings is 1. The molecule has 4 rings (SSSR count). The van der Waals surface area contributed by atoms with Crippen LogP contribution in [0.1, 0.15) is 29.3 Å². The van der Waals surface area contributed by atoms with E-state index >= 15 is 0 Å². The second kappa shape index (κ2) is 6.88. The second-order valence-electron chi connectivity index (χ2n) is 6.27. The van der Waals surface area contributed by atoms with Crippen LogP contribution in [0.5, 0.6) is 0 Å². The molecule has 7 heteroatoms. The number of hydrogen-bond donors (Lipinski definition) is 1. The normalized spacial score (nSPS) is 17.7. The van der Waals surface area contributed by atoms with Crippen molar-refractivity contribution in [1.82, 2.24) is 25.0 Å². The third-order valence-electron chi connectivity index (χ3n) is 4.60. The number of carbonyl (C=O) groups is 1. The number of ether oxygens (including phenoxy) is 1. The van der Waals surface area contributed by atoms with Crippen LogP contribution in [0, 0.1) is 5.92 Å². The number of nitrogens with zero attached hydrogens (tertiary/aromatic N) is 4. The van der Waals surface area contributed by atoms with Gasteiger partial charge in [0.25, 0.3) is 0 Å². The molecular weight excluding hydrogens is 318 g/mol. The summed E-state index contributed by atoms with van der Waals surface area (Å²) in [4.78, 5) is 16.7. The molecule has 2 heterocycles. The Morgan fingerprint density at radius 3 is 3.04 bits per heavy atom. The molecule has 2 aromatic heterocycles. The Labute approximate surface area is 145 Å². The standard InChI is InChI=1S/C18H19N5O2/c24-18(14-6-7-15-9-20-22-16(15)8-14)25-17(10-23-12-19-11-21-23)13-4-2-1-3-5-13/h1-5,9,11-12,14,17H,6-8,10H2,(H,20,22)/t14-,17-/m1/s1. The van der Waals surface area contributed by atoms with E-state index in [2.05, 4.69) is 20.3 Å². The van der Waals surface area contributed by atoms with E-state index in [1.54, 1.807) is 11.0 Å². The zero-order valence-corrected chi connectivity index (χ0v) is 13.7. The summed E-state index contributed by atoms with van der Waals surface area (Å²) >= 11 is 0. The van der Waals surface area contributed by atoms with Crippen LogP contribution in [-0.4, -0.2) is 30.9 Å². The first kappa shape index (κ1) is 15.6. The van der Waals surface area contributed by atoms with Crippen molar-refractivity contribution in [2.24, 2.45) is 5.92 Å². The number of rotatable bonds is 5. The minimum atomic E-state index is -0.390. The number of fused-ring (bicyclic) bond motifs is 1. The van der Waals surface area contributed by atoms with E-state index in [0.717, 1.165) is 24.1 Å². The Morgan fingerprint density at radius 1 is 1.36 bits per heavy atom. The van der Waals surface area contributed by atoms with Gasteiger partial charge >= 0.3 is 5.97 Å². The Kier molecular flexibility index (Phi) is 4.28. The van der Waals surface area contributed by atoms with E-state index in [1.807, 2.05) is 36.5 Å². The smallest absolute Gasteiger partial charge is 0.310 e. The molecule has 128 valence electrons. The van der Waals surface area contributed by atoms with Gasteiger partial charge < -0.3 is 4.74 Å². The third-order valence-corrected chi connectivity index (χ3v) is 4.60. The molecular formula is C18H19N5O2. The van der Waals surface area contributed by atoms with Crippen LogP contribution in [0.2, 0.25) is 0 Å². The molecule has 1 aliphatic rings. The van der Waals surface area contributed by atoms with E-state index < -0.39 is 6.10 Å². The van der Waals surface area contributed by atoms with Crippen molar-refractivity contribution in [2.75, 3.05) is 0 Å². The average Bonchev–Trinajstić information content (AvgIpc) is 3.32. The van der Waals surface area contributed by atoms with Crippen molar-refractivity contribution in [3.05, 3.63) is 66.0 Å². The molecule has 0 unspecified atom stereocenters. The average molecular weight is 337 g/mol. The predicted octanol–water partition coefficient (Wildman–Crippen LogP) is 2.09. The summed E-state index contributed by atoms with van der Waals surface area (Å²) in [6.45, 7) is 0.442. The summed E-state index contributed by atoms with van der Waals surface area (Å²) in [6.07, 6.45) is 6.85. The van der Waals surface area contributed by atoms with Gasteiger partial charge in [-0.15, -0.1) is 0 Å². The van der Waals surface area contributed by atoms with Gasteiger partial charge in [0.2, 0.25) is 0 Å². The molecule has 3 aromatic rings. The molecule has 0 radical (unpaired) electrons. The molecule has 0 amide bonds. The molecule has 1 aromatic carbocycles. The topological polar surface area (TPSA) is 85.7 Å². The fourth-order valence-corrected chi connectivity index (χ4v) is 3.22. The van der Waals surface area contributed by atoms with Crippen LogP contribution < -0.4 is 0 Å². The van der Waals surface area contributed by atoms with Gasteiger partial charge in [-0.2, -0.15) is 10.2 Å². The van der Waals surface area contributed by atoms with E-state index in [0.29, 0.717) is 13.0 Å². The maximum absolute atomic E-state index is 12.7. The highest BCUT2D eigenvalue weighted by molar-refractivity contribution is 5.73. The van der Waals surface area contributed by atoms with Crippen molar-refractivity contribution in [3.8, 4) is 0 Å². The van der Waals surface area contributed by atoms with Crippen LogP contribution in [0.4, 0.5) is 0 Å². The minimum absolute atomic E-state index is 0.144. The van der Waals surface area contributed by atoms with Gasteiger partial charge in [-0.25, -0.2) is 9.67 Å². The minimum Gasteiger partial charge on any atom is -0.455 e. The van der Waals surface area contributed by atoms with Crippen molar-refractivity contribution in [2.45, 2.75) is 31.9 Å². The van der Waals surface area contributed by atoms with Crippen LogP contribution in [-0.2, 0) is 28.9 Å². The third kappa shape index (κ3) is 3.45. The monoisotopic (exact) mass is 337 g/mol. The summed E-state index contributed by atoms with van der Waals surface area (Å²) in [7, 11) is 0. The molecule has 1 aliphatic carbocycles. The number of aryl methyl sites for hydroxylation is 1. The molecule has 1 N–H and O–H groups in total. The van der Waals surface area contributed by atoms with Gasteiger partial charge in [-0.05, 0) is 24.0 Å². The summed E-state index contributed by atoms with van der Waals surface area (Å²) < 4.78 is 7.56. The zero-order chi connectivity index (χ0) is 17.1. The van der Waals surface area contributed by atoms with Gasteiger partial charge in [0, 0.05) is 12.1 Å². The van der Waals surface area contributed by atoms with Gasteiger partial charge in [0.05, 0.1) is 18.7 Å². The summed E-state index contributed by atoms with van der Waals surface area (Å²) in [6, 6.07) is 9.74. The fourth-order valence-electron chi connectivity index (χ4n) is 3.22. The Bertz CT molecular complexity index is 828. The van der Waals surface area contributed by atoms with Crippen LogP contribution in [0.3, 0.4) is 0 Å². The number of hydrogen-bond acceptors (Lipinski definition) is 5. The van der Waals surface area contributed by atoms with Gasteiger partial charge in [-0.1, -0.05) is 30.3 Å². The molecule has 7 nitrogen and oxygen atoms in total. The number of esters is 1. The summed E-state index contributed by atoms with van der Waals surface area (Å²) in [5.74, 6) is -0.316. The summed E-state index contributed by atoms with van der Waals surface area (Å²) in [5.41, 5.74) is 3.19. The highest BCUT2D eigenvalue weighted by Crippen LogP contribution is 2.27. The lowest BCUT2D eigenvalue weighted by Gasteiger charge is -2.24. The lowest BCUT2D eigenvalue weighted by atomic mass is 9.88. The summed E-state index contributed by atoms with van der Waals surface area (Å²) in [5, 5.41) is 11.2. The molecule has 2 atom stereocenters. The van der Waals surface area contributed by atoms with E-state index in [-0.39, 0.29) is 11.9 Å². The molecule has 0 spiro atoms. The van der Waals surface area contributed by atoms with Crippen molar-refractivity contribution in [3.63, 3.8) is 0 Å². The maximum atomic E-state index is 12.7. The van der Waals surface area contributed by atoms with Gasteiger partial charge in [0.1, 0.15) is 18.8 Å². The van der Waals surface area contributed by atoms with Crippen LogP contribution in [0.25, 0.3) is 0 Å². The number of H-pyrrole nitrogens is 1. The first-order chi connectivity index (χ1) is 12.3. The van der Waals surface area contributed by atoms with E-state index in [9.17, 15) is 4.79 Å². The van der Waals surface area contributed by atoms with Gasteiger partial charge in [-0.3, -0.25) is 9.89 Å². The molecule has 0 saturated heterocycles. The lowest BCUT2D eigenvalue weighted by molar-refractivity contribution is -0.155. The molecule has 0 fully saturated rings. The quantitative estimate of drug-likeness (QED) is 0.721. The van der Waals surface area contributed by atoms with Crippen LogP contribution >= 0.6 is 0 Å². The van der Waals surface area contributed by atoms with Gasteiger partial charge in [0.15, 0.2) is 0 Å². The fraction of sp³-hybridized carbons (Fsp3) is 0.333. The lowest BCUT2D eigenvalue weighted by Crippen LogP contribution is -2.27. The number of aromatic amines is 1. The number of nitrogens with one attached hydrogen (secondary N) is 1. The molecule has 0 bridgehead atoms.